The third-order valence-corrected chi connectivity index (χ3v) is 5.78. The first kappa shape index (κ1) is 17.4. The number of rotatable bonds is 4. The summed E-state index contributed by atoms with van der Waals surface area (Å²) in [5.41, 5.74) is 0.944. The highest BCUT2D eigenvalue weighted by Crippen LogP contribution is 2.36. The summed E-state index contributed by atoms with van der Waals surface area (Å²) < 4.78 is 19.0. The molecule has 140 valence electrons. The quantitative estimate of drug-likeness (QED) is 0.881. The number of ether oxygens (including phenoxy) is 1. The molecule has 0 spiro atoms. The second-order valence-corrected chi connectivity index (χ2v) is 7.58. The number of alkyl halides is 1. The Bertz CT molecular complexity index is 665. The summed E-state index contributed by atoms with van der Waals surface area (Å²) in [6.07, 6.45) is 4.28. The van der Waals surface area contributed by atoms with Crippen molar-refractivity contribution in [3.8, 4) is 0 Å². The molecule has 3 atom stereocenters. The lowest BCUT2D eigenvalue weighted by Gasteiger charge is -2.39. The van der Waals surface area contributed by atoms with Gasteiger partial charge in [-0.3, -0.25) is 14.6 Å². The first-order chi connectivity index (χ1) is 12.6. The molecule has 0 unspecified atom stereocenters. The van der Waals surface area contributed by atoms with Crippen LogP contribution in [0, 0.1) is 11.8 Å². The van der Waals surface area contributed by atoms with Crippen LogP contribution in [0.25, 0.3) is 0 Å². The normalized spacial score (nSPS) is 33.3. The molecule has 0 radical (unpaired) electrons. The molecule has 2 amide bonds. The van der Waals surface area contributed by atoms with Crippen molar-refractivity contribution in [2.24, 2.45) is 11.8 Å². The molecule has 1 aromatic heterocycles. The molecular formula is C19H24FN3O3. The summed E-state index contributed by atoms with van der Waals surface area (Å²) in [5, 5.41) is 2.90. The van der Waals surface area contributed by atoms with E-state index in [1.807, 2.05) is 12.1 Å². The van der Waals surface area contributed by atoms with Crippen LogP contribution in [0.5, 0.6) is 0 Å². The first-order valence-corrected chi connectivity index (χ1v) is 9.35. The Morgan fingerprint density at radius 3 is 2.92 bits per heavy atom. The fourth-order valence-electron chi connectivity index (χ4n) is 4.11. The van der Waals surface area contributed by atoms with Gasteiger partial charge in [0.15, 0.2) is 0 Å². The zero-order chi connectivity index (χ0) is 18.1. The number of fused-ring (bicyclic) bond motifs is 1. The van der Waals surface area contributed by atoms with Gasteiger partial charge in [0.2, 0.25) is 11.8 Å². The number of amides is 2. The number of carbonyl (C=O) groups excluding carboxylic acids is 2. The van der Waals surface area contributed by atoms with Gasteiger partial charge < -0.3 is 15.0 Å². The maximum Gasteiger partial charge on any atom is 0.249 e. The Labute approximate surface area is 152 Å². The highest BCUT2D eigenvalue weighted by Gasteiger charge is 2.45. The molecule has 0 bridgehead atoms. The molecular weight excluding hydrogens is 337 g/mol. The molecule has 26 heavy (non-hydrogen) atoms. The van der Waals surface area contributed by atoms with Crippen LogP contribution in [-0.4, -0.2) is 53.2 Å². The van der Waals surface area contributed by atoms with Crippen molar-refractivity contribution >= 4 is 11.8 Å². The summed E-state index contributed by atoms with van der Waals surface area (Å²) >= 11 is 0. The van der Waals surface area contributed by atoms with Crippen molar-refractivity contribution in [1.82, 2.24) is 15.2 Å². The van der Waals surface area contributed by atoms with Gasteiger partial charge >= 0.3 is 0 Å². The van der Waals surface area contributed by atoms with Gasteiger partial charge in [0.25, 0.3) is 0 Å². The summed E-state index contributed by atoms with van der Waals surface area (Å²) in [5.74, 6) is 0.0795. The summed E-state index contributed by atoms with van der Waals surface area (Å²) in [7, 11) is 0. The molecule has 6 nitrogen and oxygen atoms in total. The van der Waals surface area contributed by atoms with Crippen LogP contribution in [0.3, 0.4) is 0 Å². The number of nitrogens with zero attached hydrogens (tertiary/aromatic N) is 2. The van der Waals surface area contributed by atoms with E-state index in [-0.39, 0.29) is 23.8 Å². The number of halogens is 1. The average molecular weight is 361 g/mol. The lowest BCUT2D eigenvalue weighted by molar-refractivity contribution is -0.145. The van der Waals surface area contributed by atoms with Crippen molar-refractivity contribution in [1.29, 1.82) is 0 Å². The molecule has 0 aromatic carbocycles. The SMILES string of the molecule is O=C(NCc1cccnc1)[C@@H]1C[C@@H]2CCN(C(=O)C3CC(F)C3)C[C@@H]2O1. The fraction of sp³-hybridized carbons (Fsp3) is 0.632. The monoisotopic (exact) mass is 361 g/mol. The van der Waals surface area contributed by atoms with E-state index in [0.29, 0.717) is 44.8 Å². The largest absolute Gasteiger partial charge is 0.363 e. The van der Waals surface area contributed by atoms with Gasteiger partial charge in [0.1, 0.15) is 12.3 Å². The summed E-state index contributed by atoms with van der Waals surface area (Å²) in [4.78, 5) is 30.6. The number of hydrogen-bond acceptors (Lipinski definition) is 4. The van der Waals surface area contributed by atoms with E-state index in [0.717, 1.165) is 12.0 Å². The Balaban J connectivity index is 1.27. The summed E-state index contributed by atoms with van der Waals surface area (Å²) in [6.45, 7) is 1.63. The smallest absolute Gasteiger partial charge is 0.249 e. The zero-order valence-corrected chi connectivity index (χ0v) is 14.6. The van der Waals surface area contributed by atoms with Crippen LogP contribution < -0.4 is 5.32 Å². The number of piperidine rings is 1. The Hall–Kier alpha value is -2.02. The number of hydrogen-bond donors (Lipinski definition) is 1. The number of pyridine rings is 1. The molecule has 4 rings (SSSR count). The third-order valence-electron chi connectivity index (χ3n) is 5.78. The van der Waals surface area contributed by atoms with E-state index in [1.165, 1.54) is 0 Å². The van der Waals surface area contributed by atoms with E-state index in [2.05, 4.69) is 10.3 Å². The second kappa shape index (κ2) is 7.31. The minimum Gasteiger partial charge on any atom is -0.363 e. The number of likely N-dealkylation sites (tertiary alicyclic amines) is 1. The highest BCUT2D eigenvalue weighted by molar-refractivity contribution is 5.81. The minimum absolute atomic E-state index is 0.0467. The van der Waals surface area contributed by atoms with Crippen LogP contribution >= 0.6 is 0 Å². The van der Waals surface area contributed by atoms with Gasteiger partial charge in [-0.15, -0.1) is 0 Å². The van der Waals surface area contributed by atoms with Gasteiger partial charge in [-0.1, -0.05) is 6.07 Å². The van der Waals surface area contributed by atoms with Crippen molar-refractivity contribution < 1.29 is 18.7 Å². The van der Waals surface area contributed by atoms with E-state index in [9.17, 15) is 14.0 Å². The number of nitrogens with one attached hydrogen (secondary N) is 1. The van der Waals surface area contributed by atoms with Crippen LogP contribution in [0.1, 0.15) is 31.2 Å². The molecule has 3 fully saturated rings. The Morgan fingerprint density at radius 2 is 2.19 bits per heavy atom. The standard InChI is InChI=1S/C19H24FN3O3/c20-15-6-14(7-15)19(25)23-5-3-13-8-16(26-17(13)11-23)18(24)22-10-12-2-1-4-21-9-12/h1-2,4,9,13-17H,3,5-8,10-11H2,(H,22,24)/t13-,14?,15?,16-,17-/m0/s1. The topological polar surface area (TPSA) is 71.5 Å². The van der Waals surface area contributed by atoms with Crippen molar-refractivity contribution in [2.75, 3.05) is 13.1 Å². The third kappa shape index (κ3) is 3.58. The fourth-order valence-corrected chi connectivity index (χ4v) is 4.11. The van der Waals surface area contributed by atoms with Gasteiger partial charge in [0.05, 0.1) is 6.10 Å². The zero-order valence-electron chi connectivity index (χ0n) is 14.6. The Kier molecular flexibility index (Phi) is 4.89. The van der Waals surface area contributed by atoms with Crippen molar-refractivity contribution in [3.05, 3.63) is 30.1 Å². The lowest BCUT2D eigenvalue weighted by atomic mass is 9.81. The second-order valence-electron chi connectivity index (χ2n) is 7.58. The predicted octanol–water partition coefficient (Wildman–Crippen LogP) is 1.45. The first-order valence-electron chi connectivity index (χ1n) is 9.35. The molecule has 7 heteroatoms. The average Bonchev–Trinajstić information content (AvgIpc) is 3.07. The maximum absolute atomic E-state index is 13.0. The molecule has 2 aliphatic heterocycles. The molecule has 3 heterocycles. The molecule has 2 saturated heterocycles. The van der Waals surface area contributed by atoms with Crippen LogP contribution in [-0.2, 0) is 20.9 Å². The van der Waals surface area contributed by atoms with E-state index in [4.69, 9.17) is 4.74 Å². The lowest BCUT2D eigenvalue weighted by Crippen LogP contribution is -2.50. The number of aromatic nitrogens is 1. The molecule has 1 aliphatic carbocycles. The van der Waals surface area contributed by atoms with E-state index >= 15 is 0 Å². The van der Waals surface area contributed by atoms with Gasteiger partial charge in [-0.25, -0.2) is 4.39 Å². The molecule has 1 N–H and O–H groups in total. The molecule has 1 saturated carbocycles. The van der Waals surface area contributed by atoms with Gasteiger partial charge in [-0.2, -0.15) is 0 Å². The maximum atomic E-state index is 13.0. The summed E-state index contributed by atoms with van der Waals surface area (Å²) in [6, 6.07) is 3.75. The van der Waals surface area contributed by atoms with Crippen LogP contribution in [0.15, 0.2) is 24.5 Å². The predicted molar refractivity (Wildman–Crippen MR) is 91.7 cm³/mol. The van der Waals surface area contributed by atoms with E-state index in [1.54, 1.807) is 17.3 Å². The highest BCUT2D eigenvalue weighted by atomic mass is 19.1. The van der Waals surface area contributed by atoms with Crippen LogP contribution in [0.2, 0.25) is 0 Å². The number of carbonyl (C=O) groups is 2. The van der Waals surface area contributed by atoms with Crippen molar-refractivity contribution in [3.63, 3.8) is 0 Å². The van der Waals surface area contributed by atoms with E-state index < -0.39 is 12.3 Å². The van der Waals surface area contributed by atoms with Crippen molar-refractivity contribution in [2.45, 2.75) is 50.6 Å². The van der Waals surface area contributed by atoms with Gasteiger partial charge in [-0.05, 0) is 43.2 Å². The molecule has 3 aliphatic rings. The Morgan fingerprint density at radius 1 is 1.35 bits per heavy atom. The van der Waals surface area contributed by atoms with Gasteiger partial charge in [0, 0.05) is 37.9 Å². The van der Waals surface area contributed by atoms with Crippen LogP contribution in [0.4, 0.5) is 4.39 Å². The minimum atomic E-state index is -0.822. The molecule has 1 aromatic rings.